The van der Waals surface area contributed by atoms with Crippen LogP contribution in [0.5, 0.6) is 0 Å². The first kappa shape index (κ1) is 11.2. The highest BCUT2D eigenvalue weighted by Crippen LogP contribution is 2.06. The molecular weight excluding hydrogens is 152 g/mol. The third-order valence-corrected chi connectivity index (χ3v) is 1.91. The van der Waals surface area contributed by atoms with Crippen LogP contribution in [0, 0.1) is 5.92 Å². The lowest BCUT2D eigenvalue weighted by Crippen LogP contribution is -1.97. The Balaban J connectivity index is 3.43. The molecule has 0 spiro atoms. The van der Waals surface area contributed by atoms with Crippen LogP contribution in [0.15, 0.2) is 12.2 Å². The molecule has 0 rings (SSSR count). The predicted octanol–water partition coefficient (Wildman–Crippen LogP) is 2.54. The third kappa shape index (κ3) is 5.96. The van der Waals surface area contributed by atoms with Crippen LogP contribution in [0.4, 0.5) is 0 Å². The zero-order chi connectivity index (χ0) is 9.40. The first-order valence-electron chi connectivity index (χ1n) is 4.42. The zero-order valence-corrected chi connectivity index (χ0v) is 8.17. The molecule has 12 heavy (non-hydrogen) atoms. The molecule has 70 valence electrons. The second kappa shape index (κ2) is 6.89. The lowest BCUT2D eigenvalue weighted by atomic mass is 10.1. The summed E-state index contributed by atoms with van der Waals surface area (Å²) in [5, 5.41) is 0. The van der Waals surface area contributed by atoms with Gasteiger partial charge in [-0.3, -0.25) is 4.79 Å². The van der Waals surface area contributed by atoms with Crippen molar-refractivity contribution in [1.82, 2.24) is 0 Å². The number of hydrogen-bond donors (Lipinski definition) is 0. The summed E-state index contributed by atoms with van der Waals surface area (Å²) in [7, 11) is 1.41. The van der Waals surface area contributed by atoms with E-state index in [1.54, 1.807) is 0 Å². The maximum absolute atomic E-state index is 10.7. The summed E-state index contributed by atoms with van der Waals surface area (Å²) >= 11 is 0. The molecule has 1 unspecified atom stereocenters. The minimum atomic E-state index is -0.171. The summed E-state index contributed by atoms with van der Waals surface area (Å²) in [5.41, 5.74) is 0. The largest absolute Gasteiger partial charge is 0.469 e. The molecule has 0 aromatic heterocycles. The molecule has 2 heteroatoms. The second-order valence-corrected chi connectivity index (χ2v) is 3.00. The molecule has 0 aliphatic rings. The Bertz CT molecular complexity index is 150. The monoisotopic (exact) mass is 170 g/mol. The van der Waals surface area contributed by atoms with E-state index in [0.29, 0.717) is 12.3 Å². The van der Waals surface area contributed by atoms with Crippen molar-refractivity contribution in [3.63, 3.8) is 0 Å². The fourth-order valence-corrected chi connectivity index (χ4v) is 0.758. The molecule has 0 N–H and O–H groups in total. The average molecular weight is 170 g/mol. The Morgan fingerprint density at radius 3 is 2.67 bits per heavy atom. The lowest BCUT2D eigenvalue weighted by Gasteiger charge is -2.01. The van der Waals surface area contributed by atoms with Gasteiger partial charge in [0.05, 0.1) is 13.5 Å². The van der Waals surface area contributed by atoms with Crippen LogP contribution in [0.25, 0.3) is 0 Å². The van der Waals surface area contributed by atoms with E-state index in [1.807, 2.05) is 12.2 Å². The van der Waals surface area contributed by atoms with Crippen LogP contribution in [0.3, 0.4) is 0 Å². The van der Waals surface area contributed by atoms with E-state index in [1.165, 1.54) is 13.5 Å². The van der Waals surface area contributed by atoms with Gasteiger partial charge in [-0.15, -0.1) is 0 Å². The van der Waals surface area contributed by atoms with E-state index in [9.17, 15) is 4.79 Å². The molecule has 1 atom stereocenters. The summed E-state index contributed by atoms with van der Waals surface area (Å²) in [6, 6.07) is 0. The van der Waals surface area contributed by atoms with E-state index in [2.05, 4.69) is 18.6 Å². The van der Waals surface area contributed by atoms with Gasteiger partial charge in [0, 0.05) is 0 Å². The SMILES string of the molecule is CCC(C)C/C=C/CC(=O)OC. The summed E-state index contributed by atoms with van der Waals surface area (Å²) < 4.78 is 4.49. The smallest absolute Gasteiger partial charge is 0.309 e. The maximum atomic E-state index is 10.7. The molecule has 0 heterocycles. The van der Waals surface area contributed by atoms with Crippen molar-refractivity contribution >= 4 is 5.97 Å². The minimum Gasteiger partial charge on any atom is -0.469 e. The van der Waals surface area contributed by atoms with Crippen molar-refractivity contribution in [2.45, 2.75) is 33.1 Å². The molecule has 0 saturated heterocycles. The van der Waals surface area contributed by atoms with Crippen molar-refractivity contribution < 1.29 is 9.53 Å². The van der Waals surface area contributed by atoms with E-state index in [4.69, 9.17) is 0 Å². The summed E-state index contributed by atoms with van der Waals surface area (Å²) in [5.74, 6) is 0.536. The van der Waals surface area contributed by atoms with Gasteiger partial charge in [-0.2, -0.15) is 0 Å². The van der Waals surface area contributed by atoms with Gasteiger partial charge in [0.25, 0.3) is 0 Å². The highest BCUT2D eigenvalue weighted by atomic mass is 16.5. The van der Waals surface area contributed by atoms with Crippen LogP contribution in [0.1, 0.15) is 33.1 Å². The molecule has 0 aromatic carbocycles. The summed E-state index contributed by atoms with van der Waals surface area (Å²) in [6.45, 7) is 4.36. The number of allylic oxidation sites excluding steroid dienone is 1. The number of rotatable bonds is 5. The molecule has 0 bridgehead atoms. The van der Waals surface area contributed by atoms with E-state index in [0.717, 1.165) is 6.42 Å². The van der Waals surface area contributed by atoms with Crippen LogP contribution >= 0.6 is 0 Å². The van der Waals surface area contributed by atoms with Gasteiger partial charge in [0.2, 0.25) is 0 Å². The predicted molar refractivity (Wildman–Crippen MR) is 49.8 cm³/mol. The quantitative estimate of drug-likeness (QED) is 0.468. The van der Waals surface area contributed by atoms with Gasteiger partial charge < -0.3 is 4.74 Å². The van der Waals surface area contributed by atoms with E-state index in [-0.39, 0.29) is 5.97 Å². The topological polar surface area (TPSA) is 26.3 Å². The van der Waals surface area contributed by atoms with Crippen LogP contribution in [-0.2, 0) is 9.53 Å². The highest BCUT2D eigenvalue weighted by Gasteiger charge is 1.95. The Labute approximate surface area is 74.6 Å². The van der Waals surface area contributed by atoms with Crippen molar-refractivity contribution in [3.05, 3.63) is 12.2 Å². The van der Waals surface area contributed by atoms with Crippen molar-refractivity contribution in [2.24, 2.45) is 5.92 Å². The fraction of sp³-hybridized carbons (Fsp3) is 0.700. The van der Waals surface area contributed by atoms with Gasteiger partial charge in [-0.05, 0) is 12.3 Å². The number of ether oxygens (including phenoxy) is 1. The van der Waals surface area contributed by atoms with Gasteiger partial charge >= 0.3 is 5.97 Å². The molecule has 0 amide bonds. The average Bonchev–Trinajstić information content (AvgIpc) is 2.11. The molecule has 0 radical (unpaired) electrons. The number of carbonyl (C=O) groups is 1. The normalized spacial score (nSPS) is 13.2. The standard InChI is InChI=1S/C10H18O2/c1-4-9(2)7-5-6-8-10(11)12-3/h5-6,9H,4,7-8H2,1-3H3/b6-5+. The molecule has 0 aromatic rings. The summed E-state index contributed by atoms with van der Waals surface area (Å²) in [4.78, 5) is 10.7. The van der Waals surface area contributed by atoms with Crippen LogP contribution in [0.2, 0.25) is 0 Å². The Morgan fingerprint density at radius 2 is 2.17 bits per heavy atom. The number of methoxy groups -OCH3 is 1. The molecular formula is C10H18O2. The van der Waals surface area contributed by atoms with Gasteiger partial charge in [0.15, 0.2) is 0 Å². The number of hydrogen-bond acceptors (Lipinski definition) is 2. The van der Waals surface area contributed by atoms with Crippen molar-refractivity contribution in [3.8, 4) is 0 Å². The minimum absolute atomic E-state index is 0.171. The molecule has 0 saturated carbocycles. The van der Waals surface area contributed by atoms with E-state index >= 15 is 0 Å². The fourth-order valence-electron chi connectivity index (χ4n) is 0.758. The number of carbonyl (C=O) groups excluding carboxylic acids is 1. The summed E-state index contributed by atoms with van der Waals surface area (Å²) in [6.07, 6.45) is 6.55. The second-order valence-electron chi connectivity index (χ2n) is 3.00. The van der Waals surface area contributed by atoms with Crippen molar-refractivity contribution in [1.29, 1.82) is 0 Å². The highest BCUT2D eigenvalue weighted by molar-refractivity contribution is 5.70. The van der Waals surface area contributed by atoms with Crippen molar-refractivity contribution in [2.75, 3.05) is 7.11 Å². The van der Waals surface area contributed by atoms with Crippen LogP contribution in [-0.4, -0.2) is 13.1 Å². The third-order valence-electron chi connectivity index (χ3n) is 1.91. The van der Waals surface area contributed by atoms with E-state index < -0.39 is 0 Å². The Kier molecular flexibility index (Phi) is 6.44. The Hall–Kier alpha value is -0.790. The zero-order valence-electron chi connectivity index (χ0n) is 8.17. The van der Waals surface area contributed by atoms with Gasteiger partial charge in [-0.25, -0.2) is 0 Å². The maximum Gasteiger partial charge on any atom is 0.309 e. The lowest BCUT2D eigenvalue weighted by molar-refractivity contribution is -0.139. The molecule has 0 aliphatic heterocycles. The number of esters is 1. The Morgan fingerprint density at radius 1 is 1.50 bits per heavy atom. The first-order valence-corrected chi connectivity index (χ1v) is 4.42. The molecule has 2 nitrogen and oxygen atoms in total. The molecule has 0 aliphatic carbocycles. The van der Waals surface area contributed by atoms with Gasteiger partial charge in [0.1, 0.15) is 0 Å². The van der Waals surface area contributed by atoms with Gasteiger partial charge in [-0.1, -0.05) is 32.4 Å². The van der Waals surface area contributed by atoms with Crippen LogP contribution < -0.4 is 0 Å². The molecule has 0 fully saturated rings. The first-order chi connectivity index (χ1) is 5.70.